The molecular weight excluding hydrogens is 390 g/mol. The maximum absolute atomic E-state index is 14.3. The molecule has 6 nitrogen and oxygen atoms in total. The molecule has 1 saturated heterocycles. The summed E-state index contributed by atoms with van der Waals surface area (Å²) >= 11 is 0. The van der Waals surface area contributed by atoms with Crippen LogP contribution in [0.15, 0.2) is 42.6 Å². The molecule has 1 aliphatic rings. The third-order valence-corrected chi connectivity index (χ3v) is 5.09. The first-order valence-corrected chi connectivity index (χ1v) is 9.66. The van der Waals surface area contributed by atoms with Crippen molar-refractivity contribution in [3.05, 3.63) is 65.4 Å². The van der Waals surface area contributed by atoms with Crippen LogP contribution >= 0.6 is 0 Å². The molecule has 0 aliphatic carbocycles. The lowest BCUT2D eigenvalue weighted by molar-refractivity contribution is 0.102. The summed E-state index contributed by atoms with van der Waals surface area (Å²) in [6.45, 7) is 4.97. The van der Waals surface area contributed by atoms with Crippen molar-refractivity contribution in [1.82, 2.24) is 9.78 Å². The van der Waals surface area contributed by atoms with Gasteiger partial charge in [0, 0.05) is 49.3 Å². The monoisotopic (exact) mass is 412 g/mol. The Morgan fingerprint density at radius 2 is 1.90 bits per heavy atom. The Morgan fingerprint density at radius 3 is 2.60 bits per heavy atom. The number of hydrogen-bond acceptors (Lipinski definition) is 4. The Bertz CT molecular complexity index is 1090. The molecule has 156 valence electrons. The highest BCUT2D eigenvalue weighted by Crippen LogP contribution is 2.28. The molecule has 0 saturated carbocycles. The molecule has 0 radical (unpaired) electrons. The molecular formula is C22H22F2N4O2. The summed E-state index contributed by atoms with van der Waals surface area (Å²) in [5.41, 5.74) is 3.08. The van der Waals surface area contributed by atoms with Crippen molar-refractivity contribution in [3.8, 4) is 11.3 Å². The number of hydrogen-bond donors (Lipinski definition) is 1. The fourth-order valence-electron chi connectivity index (χ4n) is 3.53. The number of nitrogens with one attached hydrogen (secondary N) is 1. The number of anilines is 2. The van der Waals surface area contributed by atoms with Crippen LogP contribution < -0.4 is 10.2 Å². The zero-order chi connectivity index (χ0) is 21.3. The van der Waals surface area contributed by atoms with E-state index in [1.54, 1.807) is 7.05 Å². The van der Waals surface area contributed by atoms with Crippen molar-refractivity contribution in [1.29, 1.82) is 0 Å². The summed E-state index contributed by atoms with van der Waals surface area (Å²) in [7, 11) is 1.64. The largest absolute Gasteiger partial charge is 0.378 e. The number of amides is 1. The van der Waals surface area contributed by atoms with Crippen LogP contribution in [0.5, 0.6) is 0 Å². The number of morpholine rings is 1. The Balaban J connectivity index is 1.59. The first-order valence-electron chi connectivity index (χ1n) is 9.66. The van der Waals surface area contributed by atoms with Crippen LogP contribution in [0.25, 0.3) is 11.3 Å². The molecule has 4 rings (SSSR count). The highest BCUT2D eigenvalue weighted by Gasteiger charge is 2.21. The molecule has 8 heteroatoms. The van der Waals surface area contributed by atoms with E-state index in [0.29, 0.717) is 18.9 Å². The average molecular weight is 412 g/mol. The Hall–Kier alpha value is -3.26. The third-order valence-electron chi connectivity index (χ3n) is 5.09. The van der Waals surface area contributed by atoms with Crippen LogP contribution in [0.2, 0.25) is 0 Å². The minimum Gasteiger partial charge on any atom is -0.378 e. The van der Waals surface area contributed by atoms with Crippen molar-refractivity contribution in [2.75, 3.05) is 36.5 Å². The molecule has 2 heterocycles. The highest BCUT2D eigenvalue weighted by molar-refractivity contribution is 6.08. The fourth-order valence-corrected chi connectivity index (χ4v) is 3.53. The number of carbonyl (C=O) groups is 1. The van der Waals surface area contributed by atoms with Gasteiger partial charge < -0.3 is 15.0 Å². The van der Waals surface area contributed by atoms with Gasteiger partial charge in [0.25, 0.3) is 5.91 Å². The van der Waals surface area contributed by atoms with Gasteiger partial charge in [0.15, 0.2) is 0 Å². The maximum atomic E-state index is 14.3. The van der Waals surface area contributed by atoms with Crippen LogP contribution in [0.3, 0.4) is 0 Å². The molecule has 2 aromatic carbocycles. The maximum Gasteiger partial charge on any atom is 0.259 e. The van der Waals surface area contributed by atoms with E-state index in [-0.39, 0.29) is 16.8 Å². The van der Waals surface area contributed by atoms with E-state index in [1.807, 2.05) is 25.1 Å². The summed E-state index contributed by atoms with van der Waals surface area (Å²) < 4.78 is 34.4. The Morgan fingerprint density at radius 1 is 1.13 bits per heavy atom. The Labute approximate surface area is 173 Å². The molecule has 3 aromatic rings. The van der Waals surface area contributed by atoms with Crippen molar-refractivity contribution >= 4 is 17.3 Å². The zero-order valence-corrected chi connectivity index (χ0v) is 16.8. The van der Waals surface area contributed by atoms with Gasteiger partial charge in [0.05, 0.1) is 18.8 Å². The highest BCUT2D eigenvalue weighted by atomic mass is 19.1. The number of benzene rings is 2. The predicted molar refractivity (Wildman–Crippen MR) is 111 cm³/mol. The predicted octanol–water partition coefficient (Wildman–Crippen LogP) is 3.76. The van der Waals surface area contributed by atoms with Gasteiger partial charge in [-0.3, -0.25) is 9.48 Å². The number of halogens is 2. The van der Waals surface area contributed by atoms with E-state index in [1.165, 1.54) is 16.9 Å². The van der Waals surface area contributed by atoms with Crippen molar-refractivity contribution in [3.63, 3.8) is 0 Å². The molecule has 0 bridgehead atoms. The van der Waals surface area contributed by atoms with Gasteiger partial charge in [0.2, 0.25) is 0 Å². The second kappa shape index (κ2) is 8.23. The van der Waals surface area contributed by atoms with Crippen molar-refractivity contribution < 1.29 is 18.3 Å². The minimum absolute atomic E-state index is 0.0709. The van der Waals surface area contributed by atoms with E-state index in [2.05, 4.69) is 15.3 Å². The van der Waals surface area contributed by atoms with Gasteiger partial charge in [-0.15, -0.1) is 0 Å². The Kier molecular flexibility index (Phi) is 5.50. The van der Waals surface area contributed by atoms with E-state index >= 15 is 0 Å². The summed E-state index contributed by atoms with van der Waals surface area (Å²) in [4.78, 5) is 15.2. The molecule has 0 unspecified atom stereocenters. The molecule has 1 aromatic heterocycles. The van der Waals surface area contributed by atoms with E-state index in [0.717, 1.165) is 36.5 Å². The lowest BCUT2D eigenvalue weighted by atomic mass is 10.1. The SMILES string of the molecule is Cc1cc(N2CCOCC2)ccc1NC(=O)c1cn(C)nc1-c1ccc(F)cc1F. The zero-order valence-electron chi connectivity index (χ0n) is 16.8. The van der Waals surface area contributed by atoms with Gasteiger partial charge in [-0.25, -0.2) is 8.78 Å². The van der Waals surface area contributed by atoms with Gasteiger partial charge >= 0.3 is 0 Å². The lowest BCUT2D eigenvalue weighted by Crippen LogP contribution is -2.36. The summed E-state index contributed by atoms with van der Waals surface area (Å²) in [6.07, 6.45) is 1.52. The smallest absolute Gasteiger partial charge is 0.259 e. The van der Waals surface area contributed by atoms with Crippen LogP contribution in [-0.4, -0.2) is 42.0 Å². The molecule has 1 amide bonds. The minimum atomic E-state index is -0.770. The quantitative estimate of drug-likeness (QED) is 0.709. The number of rotatable bonds is 4. The van der Waals surface area contributed by atoms with E-state index in [9.17, 15) is 13.6 Å². The topological polar surface area (TPSA) is 59.4 Å². The molecule has 0 atom stereocenters. The van der Waals surface area contributed by atoms with Crippen molar-refractivity contribution in [2.45, 2.75) is 6.92 Å². The van der Waals surface area contributed by atoms with E-state index < -0.39 is 17.5 Å². The first kappa shape index (κ1) is 20.0. The number of ether oxygens (including phenoxy) is 1. The summed E-state index contributed by atoms with van der Waals surface area (Å²) in [6, 6.07) is 9.03. The molecule has 0 spiro atoms. The van der Waals surface area contributed by atoms with Crippen LogP contribution in [0, 0.1) is 18.6 Å². The normalized spacial score (nSPS) is 14.1. The van der Waals surface area contributed by atoms with Gasteiger partial charge in [-0.05, 0) is 42.8 Å². The average Bonchev–Trinajstić information content (AvgIpc) is 3.11. The van der Waals surface area contributed by atoms with E-state index in [4.69, 9.17) is 4.74 Å². The lowest BCUT2D eigenvalue weighted by Gasteiger charge is -2.29. The second-order valence-electron chi connectivity index (χ2n) is 7.24. The number of nitrogens with zero attached hydrogens (tertiary/aromatic N) is 3. The van der Waals surface area contributed by atoms with Crippen LogP contribution in [0.1, 0.15) is 15.9 Å². The molecule has 30 heavy (non-hydrogen) atoms. The van der Waals surface area contributed by atoms with Crippen LogP contribution in [0.4, 0.5) is 20.2 Å². The summed E-state index contributed by atoms with van der Waals surface area (Å²) in [5, 5.41) is 7.09. The van der Waals surface area contributed by atoms with Crippen LogP contribution in [-0.2, 0) is 11.8 Å². The van der Waals surface area contributed by atoms with Gasteiger partial charge in [-0.1, -0.05) is 0 Å². The number of carbonyl (C=O) groups excluding carboxylic acids is 1. The number of aromatic nitrogens is 2. The third kappa shape index (κ3) is 4.04. The molecule has 1 N–H and O–H groups in total. The number of aryl methyl sites for hydroxylation is 2. The van der Waals surface area contributed by atoms with Gasteiger partial charge in [0.1, 0.15) is 17.3 Å². The second-order valence-corrected chi connectivity index (χ2v) is 7.24. The molecule has 1 aliphatic heterocycles. The summed E-state index contributed by atoms with van der Waals surface area (Å²) in [5.74, 6) is -1.87. The molecule has 1 fully saturated rings. The van der Waals surface area contributed by atoms with Gasteiger partial charge in [-0.2, -0.15) is 5.10 Å². The standard InChI is InChI=1S/C22H22F2N4O2/c1-14-11-16(28-7-9-30-10-8-28)4-6-20(14)25-22(29)18-13-27(2)26-21(18)17-5-3-15(23)12-19(17)24/h3-6,11-13H,7-10H2,1-2H3,(H,25,29). The first-order chi connectivity index (χ1) is 14.4. The van der Waals surface area contributed by atoms with Crippen molar-refractivity contribution in [2.24, 2.45) is 7.05 Å². The fraction of sp³-hybridized carbons (Fsp3) is 0.273.